The lowest BCUT2D eigenvalue weighted by Gasteiger charge is -2.59. The molecule has 5 nitrogen and oxygen atoms in total. The van der Waals surface area contributed by atoms with Crippen LogP contribution in [0.5, 0.6) is 0 Å². The predicted molar refractivity (Wildman–Crippen MR) is 96.5 cm³/mol. The second kappa shape index (κ2) is 6.96. The molecular weight excluding hydrogens is 318 g/mol. The molecule has 0 aromatic carbocycles. The zero-order chi connectivity index (χ0) is 17.5. The van der Waals surface area contributed by atoms with Crippen molar-refractivity contribution in [1.29, 1.82) is 0 Å². The van der Waals surface area contributed by atoms with E-state index in [0.29, 0.717) is 17.9 Å². The van der Waals surface area contributed by atoms with E-state index in [0.717, 1.165) is 25.7 Å². The average Bonchev–Trinajstić information content (AvgIpc) is 3.04. The Bertz CT molecular complexity index is 638. The fourth-order valence-electron chi connectivity index (χ4n) is 5.31. The highest BCUT2D eigenvalue weighted by atomic mass is 16.4. The summed E-state index contributed by atoms with van der Waals surface area (Å²) in [4.78, 5) is 11.8. The third kappa shape index (κ3) is 3.04. The highest BCUT2D eigenvalue weighted by molar-refractivity contribution is 5.88. The Hall–Kier alpha value is -1.59. The molecule has 5 atom stereocenters. The summed E-state index contributed by atoms with van der Waals surface area (Å²) in [7, 11) is 0. The van der Waals surface area contributed by atoms with Crippen molar-refractivity contribution in [2.45, 2.75) is 59.0 Å². The van der Waals surface area contributed by atoms with Gasteiger partial charge in [0.15, 0.2) is 0 Å². The zero-order valence-electron chi connectivity index (χ0n) is 15.5. The van der Waals surface area contributed by atoms with Gasteiger partial charge in [-0.25, -0.2) is 4.79 Å². The maximum Gasteiger partial charge on any atom is 0.331 e. The van der Waals surface area contributed by atoms with Crippen LogP contribution in [0.1, 0.15) is 52.0 Å². The molecule has 1 heterocycles. The van der Waals surface area contributed by atoms with Crippen LogP contribution in [0.4, 0.5) is 0 Å². The van der Waals surface area contributed by atoms with Crippen molar-refractivity contribution >= 4 is 5.97 Å². The van der Waals surface area contributed by atoms with Crippen LogP contribution in [0.2, 0.25) is 0 Å². The topological polar surface area (TPSA) is 106 Å². The molecule has 0 spiro atoms. The van der Waals surface area contributed by atoms with Gasteiger partial charge >= 0.3 is 5.97 Å². The Morgan fingerprint density at radius 1 is 1.40 bits per heavy atom. The molecule has 5 N–H and O–H groups in total. The van der Waals surface area contributed by atoms with Crippen LogP contribution in [0.15, 0.2) is 34.7 Å². The quantitative estimate of drug-likeness (QED) is 0.755. The first-order chi connectivity index (χ1) is 11.3. The lowest BCUT2D eigenvalue weighted by Crippen LogP contribution is -2.57. The van der Waals surface area contributed by atoms with E-state index < -0.39 is 17.5 Å². The Balaban J connectivity index is 0.00000225. The van der Waals surface area contributed by atoms with Crippen LogP contribution in [0, 0.1) is 22.7 Å². The van der Waals surface area contributed by atoms with Gasteiger partial charge in [-0.05, 0) is 61.0 Å². The third-order valence-electron chi connectivity index (χ3n) is 7.06. The van der Waals surface area contributed by atoms with Gasteiger partial charge in [-0.1, -0.05) is 26.8 Å². The van der Waals surface area contributed by atoms with Gasteiger partial charge in [0.1, 0.15) is 0 Å². The maximum atomic E-state index is 11.8. The molecule has 2 aliphatic carbocycles. The first kappa shape index (κ1) is 19.7. The molecule has 0 bridgehead atoms. The standard InChI is InChI=1S/C20H28O4.H3N/c1-13-11-17(21)20(3)15(18(22)23)5-4-6-16(20)19(13,2)9-7-14-8-10-24-12-14;/h5,8,10,12-13,16-17,21H,4,6-7,9,11H2,1-3H3,(H,22,23);1H3/t13-,16-,17+,19+,20+;/m1./s1. The summed E-state index contributed by atoms with van der Waals surface area (Å²) in [6.07, 6.45) is 8.99. The molecule has 1 fully saturated rings. The molecular formula is C20H31NO4. The predicted octanol–water partition coefficient (Wildman–Crippen LogP) is 4.21. The normalized spacial score (nSPS) is 37.6. The Morgan fingerprint density at radius 2 is 2.12 bits per heavy atom. The molecule has 1 aromatic rings. The van der Waals surface area contributed by atoms with E-state index >= 15 is 0 Å². The van der Waals surface area contributed by atoms with E-state index in [-0.39, 0.29) is 17.5 Å². The van der Waals surface area contributed by atoms with Gasteiger partial charge in [-0.2, -0.15) is 0 Å². The van der Waals surface area contributed by atoms with Crippen LogP contribution < -0.4 is 6.15 Å². The molecule has 25 heavy (non-hydrogen) atoms. The molecule has 5 heteroatoms. The number of aliphatic carboxylic acids is 1. The lowest BCUT2D eigenvalue weighted by atomic mass is 9.45. The highest BCUT2D eigenvalue weighted by Crippen LogP contribution is 2.61. The summed E-state index contributed by atoms with van der Waals surface area (Å²) in [5, 5.41) is 20.5. The molecule has 1 aromatic heterocycles. The van der Waals surface area contributed by atoms with Crippen molar-refractivity contribution in [1.82, 2.24) is 6.15 Å². The van der Waals surface area contributed by atoms with Crippen LogP contribution in [-0.4, -0.2) is 22.3 Å². The van der Waals surface area contributed by atoms with Gasteiger partial charge in [0, 0.05) is 11.0 Å². The van der Waals surface area contributed by atoms with Crippen molar-refractivity contribution in [2.75, 3.05) is 0 Å². The fourth-order valence-corrected chi connectivity index (χ4v) is 5.31. The van der Waals surface area contributed by atoms with E-state index in [4.69, 9.17) is 4.42 Å². The zero-order valence-corrected chi connectivity index (χ0v) is 15.5. The molecule has 3 rings (SSSR count). The minimum Gasteiger partial charge on any atom is -0.478 e. The summed E-state index contributed by atoms with van der Waals surface area (Å²) in [5.41, 5.74) is 0.927. The molecule has 140 valence electrons. The van der Waals surface area contributed by atoms with Gasteiger partial charge < -0.3 is 20.8 Å². The number of aliphatic hydroxyl groups is 1. The minimum absolute atomic E-state index is 0. The van der Waals surface area contributed by atoms with Gasteiger partial charge in [-0.3, -0.25) is 0 Å². The fraction of sp³-hybridized carbons (Fsp3) is 0.650. The number of aliphatic hydroxyl groups excluding tert-OH is 1. The number of hydrogen-bond donors (Lipinski definition) is 3. The number of carboxylic acid groups (broad SMARTS) is 1. The first-order valence-corrected chi connectivity index (χ1v) is 8.93. The van der Waals surface area contributed by atoms with E-state index in [9.17, 15) is 15.0 Å². The van der Waals surface area contributed by atoms with Crippen LogP contribution in [0.25, 0.3) is 0 Å². The second-order valence-corrected chi connectivity index (χ2v) is 8.13. The number of furan rings is 1. The second-order valence-electron chi connectivity index (χ2n) is 8.13. The van der Waals surface area contributed by atoms with Crippen LogP contribution in [0.3, 0.4) is 0 Å². The Kier molecular flexibility index (Phi) is 5.50. The number of hydrogen-bond acceptors (Lipinski definition) is 4. The average molecular weight is 349 g/mol. The number of rotatable bonds is 4. The minimum atomic E-state index is -0.881. The van der Waals surface area contributed by atoms with Gasteiger partial charge in [0.05, 0.1) is 18.6 Å². The van der Waals surface area contributed by atoms with Crippen molar-refractivity contribution in [2.24, 2.45) is 22.7 Å². The summed E-state index contributed by atoms with van der Waals surface area (Å²) >= 11 is 0. The van der Waals surface area contributed by atoms with Gasteiger partial charge in [-0.15, -0.1) is 0 Å². The molecule has 2 aliphatic rings. The molecule has 0 saturated heterocycles. The van der Waals surface area contributed by atoms with Crippen molar-refractivity contribution in [3.8, 4) is 0 Å². The largest absolute Gasteiger partial charge is 0.478 e. The smallest absolute Gasteiger partial charge is 0.331 e. The van der Waals surface area contributed by atoms with Gasteiger partial charge in [0.25, 0.3) is 0 Å². The van der Waals surface area contributed by atoms with Crippen molar-refractivity contribution in [3.05, 3.63) is 35.8 Å². The lowest BCUT2D eigenvalue weighted by molar-refractivity contribution is -0.148. The number of fused-ring (bicyclic) bond motifs is 1. The van der Waals surface area contributed by atoms with Crippen molar-refractivity contribution < 1.29 is 19.4 Å². The first-order valence-electron chi connectivity index (χ1n) is 8.93. The van der Waals surface area contributed by atoms with E-state index in [2.05, 4.69) is 13.8 Å². The Labute approximate surface area is 149 Å². The highest BCUT2D eigenvalue weighted by Gasteiger charge is 2.59. The van der Waals surface area contributed by atoms with E-state index in [1.807, 2.05) is 19.1 Å². The van der Waals surface area contributed by atoms with Crippen LogP contribution in [-0.2, 0) is 11.2 Å². The van der Waals surface area contributed by atoms with E-state index in [1.165, 1.54) is 5.56 Å². The third-order valence-corrected chi connectivity index (χ3v) is 7.06. The summed E-state index contributed by atoms with van der Waals surface area (Å²) in [6, 6.07) is 1.99. The molecule has 0 radical (unpaired) electrons. The number of aryl methyl sites for hydroxylation is 1. The maximum absolute atomic E-state index is 11.8. The molecule has 0 unspecified atom stereocenters. The molecule has 0 aliphatic heterocycles. The monoisotopic (exact) mass is 349 g/mol. The summed E-state index contributed by atoms with van der Waals surface area (Å²) in [5.74, 6) is -0.356. The number of allylic oxidation sites excluding steroid dienone is 1. The molecule has 0 amide bonds. The van der Waals surface area contributed by atoms with Crippen LogP contribution >= 0.6 is 0 Å². The van der Waals surface area contributed by atoms with E-state index in [1.54, 1.807) is 12.5 Å². The Morgan fingerprint density at radius 3 is 2.72 bits per heavy atom. The van der Waals surface area contributed by atoms with Crippen molar-refractivity contribution in [3.63, 3.8) is 0 Å². The summed E-state index contributed by atoms with van der Waals surface area (Å²) < 4.78 is 5.18. The number of carboxylic acids is 1. The molecule has 1 saturated carbocycles. The SMILES string of the molecule is C[C@@H]1C[C@H](O)[C@@]2(C)C(C(=O)O)=CCC[C@@H]2[C@@]1(C)CCc1ccoc1.N. The summed E-state index contributed by atoms with van der Waals surface area (Å²) in [6.45, 7) is 6.46. The number of carbonyl (C=O) groups is 1. The van der Waals surface area contributed by atoms with Gasteiger partial charge in [0.2, 0.25) is 0 Å².